The second-order valence-corrected chi connectivity index (χ2v) is 9.25. The third kappa shape index (κ3) is 4.49. The molecule has 1 saturated heterocycles. The zero-order chi connectivity index (χ0) is 24.1. The van der Waals surface area contributed by atoms with Crippen LogP contribution in [-0.2, 0) is 9.59 Å². The lowest BCUT2D eigenvalue weighted by atomic mass is 9.68. The van der Waals surface area contributed by atoms with Crippen molar-refractivity contribution in [1.29, 1.82) is 0 Å². The number of carbonyl (C=O) groups excluding carboxylic acids is 2. The Labute approximate surface area is 190 Å². The van der Waals surface area contributed by atoms with Crippen molar-refractivity contribution in [3.63, 3.8) is 0 Å². The van der Waals surface area contributed by atoms with Crippen LogP contribution in [0.3, 0.4) is 0 Å². The number of fused-ring (bicyclic) bond motifs is 3. The number of nitrogens with zero attached hydrogens (tertiary/aromatic N) is 1. The highest BCUT2D eigenvalue weighted by Gasteiger charge is 2.55. The topological polar surface area (TPSA) is 184 Å². The van der Waals surface area contributed by atoms with Gasteiger partial charge in [0.15, 0.2) is 0 Å². The van der Waals surface area contributed by atoms with Gasteiger partial charge in [0.05, 0.1) is 12.3 Å². The Balaban J connectivity index is 1.38. The normalized spacial score (nSPS) is 24.8. The summed E-state index contributed by atoms with van der Waals surface area (Å²) in [6.07, 6.45) is 0.187. The molecule has 2 aliphatic heterocycles. The van der Waals surface area contributed by atoms with Crippen LogP contribution in [0.4, 0.5) is 0 Å². The smallest absolute Gasteiger partial charge is 0.434 e. The van der Waals surface area contributed by atoms with Crippen molar-refractivity contribution in [3.8, 4) is 11.5 Å². The summed E-state index contributed by atoms with van der Waals surface area (Å²) in [4.78, 5) is 37.4. The number of hydrogen-bond donors (Lipinski definition) is 6. The number of likely N-dealkylation sites (tertiary alicyclic amines) is 1. The van der Waals surface area contributed by atoms with Crippen LogP contribution in [0, 0.1) is 0 Å². The summed E-state index contributed by atoms with van der Waals surface area (Å²) in [5.41, 5.74) is 5.28. The highest BCUT2D eigenvalue weighted by molar-refractivity contribution is 6.62. The van der Waals surface area contributed by atoms with E-state index in [0.717, 1.165) is 0 Å². The summed E-state index contributed by atoms with van der Waals surface area (Å²) in [5.74, 6) is -2.61. The molecule has 3 aliphatic rings. The first kappa shape index (κ1) is 23.3. The number of amides is 2. The van der Waals surface area contributed by atoms with E-state index in [2.05, 4.69) is 10.6 Å². The molecule has 180 valence electrons. The van der Waals surface area contributed by atoms with Crippen molar-refractivity contribution in [2.24, 2.45) is 5.73 Å². The number of hydrogen-bond acceptors (Lipinski definition) is 9. The Morgan fingerprint density at radius 3 is 2.67 bits per heavy atom. The zero-order valence-corrected chi connectivity index (χ0v) is 18.4. The fourth-order valence-corrected chi connectivity index (χ4v) is 4.51. The van der Waals surface area contributed by atoms with Crippen LogP contribution in [0.5, 0.6) is 11.5 Å². The largest absolute Gasteiger partial charge is 0.669 e. The maximum absolute atomic E-state index is 12.3. The lowest BCUT2D eigenvalue weighted by Gasteiger charge is -2.43. The van der Waals surface area contributed by atoms with Gasteiger partial charge < -0.3 is 40.9 Å². The summed E-state index contributed by atoms with van der Waals surface area (Å²) >= 11 is 0. The summed E-state index contributed by atoms with van der Waals surface area (Å²) < 4.78 is 11.2. The van der Waals surface area contributed by atoms with Gasteiger partial charge in [-0.2, -0.15) is 0 Å². The molecule has 7 N–H and O–H groups in total. The second-order valence-electron chi connectivity index (χ2n) is 9.25. The van der Waals surface area contributed by atoms with Gasteiger partial charge in [0.2, 0.25) is 11.8 Å². The van der Waals surface area contributed by atoms with Crippen molar-refractivity contribution < 1.29 is 38.9 Å². The van der Waals surface area contributed by atoms with Crippen molar-refractivity contribution in [2.75, 3.05) is 33.2 Å². The summed E-state index contributed by atoms with van der Waals surface area (Å²) in [6, 6.07) is 3.27. The van der Waals surface area contributed by atoms with E-state index in [9.17, 15) is 29.5 Å². The predicted molar refractivity (Wildman–Crippen MR) is 116 cm³/mol. The number of likely N-dealkylation sites (N-methyl/N-ethyl adjacent to an activating group) is 1. The van der Waals surface area contributed by atoms with Gasteiger partial charge in [0.1, 0.15) is 23.0 Å². The Hall–Kier alpha value is -2.87. The van der Waals surface area contributed by atoms with E-state index in [-0.39, 0.29) is 48.1 Å². The highest BCUT2D eigenvalue weighted by Crippen LogP contribution is 2.63. The Morgan fingerprint density at radius 1 is 1.33 bits per heavy atom. The van der Waals surface area contributed by atoms with Gasteiger partial charge >= 0.3 is 12.7 Å². The number of benzene rings is 1. The summed E-state index contributed by atoms with van der Waals surface area (Å²) in [6.45, 7) is -0.685. The van der Waals surface area contributed by atoms with Crippen LogP contribution < -0.4 is 25.8 Å². The van der Waals surface area contributed by atoms with Gasteiger partial charge in [0.25, 0.3) is 0 Å². The molecule has 2 fully saturated rings. The lowest BCUT2D eigenvalue weighted by molar-refractivity contribution is -0.130. The van der Waals surface area contributed by atoms with Gasteiger partial charge in [-0.15, -0.1) is 0 Å². The second kappa shape index (κ2) is 8.17. The van der Waals surface area contributed by atoms with E-state index in [1.165, 1.54) is 7.05 Å². The zero-order valence-electron chi connectivity index (χ0n) is 18.4. The number of aromatic carboxylic acids is 1. The lowest BCUT2D eigenvalue weighted by Crippen LogP contribution is -2.64. The monoisotopic (exact) mass is 463 g/mol. The summed E-state index contributed by atoms with van der Waals surface area (Å²) in [7, 11) is 1.47. The van der Waals surface area contributed by atoms with Crippen LogP contribution in [0.15, 0.2) is 12.1 Å². The molecule has 1 aromatic carbocycles. The van der Waals surface area contributed by atoms with Crippen LogP contribution in [0.1, 0.15) is 35.2 Å². The van der Waals surface area contributed by atoms with Crippen molar-refractivity contribution in [1.82, 2.24) is 15.5 Å². The Morgan fingerprint density at radius 2 is 2.03 bits per heavy atom. The molecule has 1 saturated carbocycles. The first-order valence-corrected chi connectivity index (χ1v) is 10.8. The molecule has 0 spiro atoms. The Bertz CT molecular complexity index is 995. The minimum Gasteiger partial charge on any atom is -0.669 e. The molecular formula is C20H28BN4O8-. The number of ether oxygens (including phenoxy) is 1. The summed E-state index contributed by atoms with van der Waals surface area (Å²) in [5, 5.41) is 34.9. The molecule has 13 heteroatoms. The van der Waals surface area contributed by atoms with Gasteiger partial charge in [-0.05, 0) is 24.5 Å². The number of nitrogens with one attached hydrogen (secondary N) is 2. The van der Waals surface area contributed by atoms with Crippen molar-refractivity contribution in [3.05, 3.63) is 23.3 Å². The average Bonchev–Trinajstić information content (AvgIpc) is 3.51. The maximum atomic E-state index is 12.3. The van der Waals surface area contributed by atoms with E-state index < -0.39 is 30.0 Å². The molecule has 2 amide bonds. The fourth-order valence-electron chi connectivity index (χ4n) is 4.51. The number of carbonyl (C=O) groups is 3. The molecule has 0 unspecified atom stereocenters. The Kier molecular flexibility index (Phi) is 5.77. The van der Waals surface area contributed by atoms with Crippen LogP contribution in [-0.4, -0.2) is 89.5 Å². The third-order valence-electron chi connectivity index (χ3n) is 6.43. The standard InChI is InChI=1S/C20H28BN4O8/c1-20(22,19(29)24-6-15(26)23-2)9-25-7-10(8-25)32-14-4-3-11-12-5-13(12)21(30,31)33-17(11)16(14)18(27)28/h3-4,10,12-13,30-31H,5-9,22H2,1-2H3,(H,23,26)(H,24,29)(H,27,28)/q-1/t12-,13-,20+/m1/s1. The first-order chi connectivity index (χ1) is 15.4. The molecule has 0 radical (unpaired) electrons. The van der Waals surface area contributed by atoms with Gasteiger partial charge in [-0.25, -0.2) is 4.79 Å². The number of carboxylic acid groups (broad SMARTS) is 1. The van der Waals surface area contributed by atoms with Gasteiger partial charge in [-0.1, -0.05) is 18.3 Å². The van der Waals surface area contributed by atoms with Gasteiger partial charge in [-0.3, -0.25) is 14.5 Å². The number of nitrogens with two attached hydrogens (primary N) is 1. The number of carboxylic acids is 1. The molecular weight excluding hydrogens is 435 g/mol. The highest BCUT2D eigenvalue weighted by atomic mass is 16.6. The molecule has 1 aromatic rings. The molecule has 1 aliphatic carbocycles. The quantitative estimate of drug-likeness (QED) is 0.241. The maximum Gasteiger partial charge on any atom is 0.434 e. The molecule has 33 heavy (non-hydrogen) atoms. The van der Waals surface area contributed by atoms with Crippen molar-refractivity contribution in [2.45, 2.75) is 36.7 Å². The van der Waals surface area contributed by atoms with E-state index in [1.54, 1.807) is 19.1 Å². The minimum absolute atomic E-state index is 0.0535. The number of rotatable bonds is 8. The third-order valence-corrected chi connectivity index (χ3v) is 6.43. The van der Waals surface area contributed by atoms with E-state index in [0.29, 0.717) is 25.1 Å². The molecule has 0 aromatic heterocycles. The molecule has 2 heterocycles. The fraction of sp³-hybridized carbons (Fsp3) is 0.550. The van der Waals surface area contributed by atoms with E-state index in [4.69, 9.17) is 15.1 Å². The SMILES string of the molecule is CNC(=O)CNC(=O)[C@@](C)(N)CN1CC(Oc2ccc3c(c2C(=O)O)O[B-](O)(O)[C@@H]2C[C@H]32)C1. The van der Waals surface area contributed by atoms with Crippen LogP contribution >= 0.6 is 0 Å². The van der Waals surface area contributed by atoms with Crippen molar-refractivity contribution >= 4 is 24.5 Å². The molecule has 4 rings (SSSR count). The molecule has 12 nitrogen and oxygen atoms in total. The first-order valence-electron chi connectivity index (χ1n) is 10.8. The van der Waals surface area contributed by atoms with Crippen LogP contribution in [0.25, 0.3) is 0 Å². The minimum atomic E-state index is -3.11. The predicted octanol–water partition coefficient (Wildman–Crippen LogP) is -1.80. The van der Waals surface area contributed by atoms with Gasteiger partial charge in [0, 0.05) is 26.7 Å². The average molecular weight is 463 g/mol. The molecule has 0 bridgehead atoms. The van der Waals surface area contributed by atoms with E-state index >= 15 is 0 Å². The van der Waals surface area contributed by atoms with Crippen LogP contribution in [0.2, 0.25) is 5.82 Å². The molecule has 3 atom stereocenters. The van der Waals surface area contributed by atoms with E-state index in [1.807, 2.05) is 4.90 Å².